The molecule has 5 heteroatoms. The van der Waals surface area contributed by atoms with Crippen molar-refractivity contribution in [3.05, 3.63) is 35.4 Å². The van der Waals surface area contributed by atoms with Crippen molar-refractivity contribution in [3.63, 3.8) is 0 Å². The zero-order valence-corrected chi connectivity index (χ0v) is 14.7. The fourth-order valence-corrected chi connectivity index (χ4v) is 3.18. The minimum Gasteiger partial charge on any atom is -0.460 e. The van der Waals surface area contributed by atoms with Crippen LogP contribution in [-0.2, 0) is 20.7 Å². The summed E-state index contributed by atoms with van der Waals surface area (Å²) in [5.41, 5.74) is 6.78. The number of nitrogens with two attached hydrogens (primary N) is 1. The monoisotopic (exact) mass is 333 g/mol. The van der Waals surface area contributed by atoms with Crippen molar-refractivity contribution in [2.75, 3.05) is 6.61 Å². The molecule has 132 valence electrons. The molecule has 24 heavy (non-hydrogen) atoms. The van der Waals surface area contributed by atoms with Crippen molar-refractivity contribution < 1.29 is 19.1 Å². The smallest absolute Gasteiger partial charge is 0.404 e. The highest BCUT2D eigenvalue weighted by Crippen LogP contribution is 2.38. The van der Waals surface area contributed by atoms with E-state index in [1.165, 1.54) is 5.56 Å². The molecule has 1 aromatic carbocycles. The van der Waals surface area contributed by atoms with Crippen LogP contribution < -0.4 is 5.73 Å². The Hall–Kier alpha value is -2.04. The van der Waals surface area contributed by atoms with Crippen LogP contribution in [0.2, 0.25) is 0 Å². The molecule has 1 saturated carbocycles. The number of ether oxygens (including phenoxy) is 2. The summed E-state index contributed by atoms with van der Waals surface area (Å²) in [6.07, 6.45) is 2.70. The van der Waals surface area contributed by atoms with Crippen molar-refractivity contribution in [1.29, 1.82) is 0 Å². The van der Waals surface area contributed by atoms with E-state index in [1.54, 1.807) is 0 Å². The molecule has 2 unspecified atom stereocenters. The average molecular weight is 333 g/mol. The highest BCUT2D eigenvalue weighted by atomic mass is 16.6. The van der Waals surface area contributed by atoms with E-state index in [2.05, 4.69) is 12.1 Å². The third-order valence-electron chi connectivity index (χ3n) is 4.22. The molecule has 0 saturated heterocycles. The van der Waals surface area contributed by atoms with E-state index in [0.717, 1.165) is 24.8 Å². The van der Waals surface area contributed by atoms with Gasteiger partial charge in [-0.25, -0.2) is 4.79 Å². The van der Waals surface area contributed by atoms with Crippen molar-refractivity contribution >= 4 is 12.1 Å². The minimum atomic E-state index is -0.704. The highest BCUT2D eigenvalue weighted by molar-refractivity contribution is 5.73. The first kappa shape index (κ1) is 18.3. The summed E-state index contributed by atoms with van der Waals surface area (Å²) in [7, 11) is 0. The molecule has 0 radical (unpaired) electrons. The second kappa shape index (κ2) is 7.69. The van der Waals surface area contributed by atoms with Gasteiger partial charge in [-0.15, -0.1) is 0 Å². The predicted octanol–water partition coefficient (Wildman–Crippen LogP) is 3.55. The largest absolute Gasteiger partial charge is 0.460 e. The van der Waals surface area contributed by atoms with Gasteiger partial charge in [0.05, 0.1) is 13.0 Å². The van der Waals surface area contributed by atoms with Gasteiger partial charge in [0.2, 0.25) is 0 Å². The number of benzene rings is 1. The standard InChI is InChI=1S/C19H27NO4/c1-19(2,3)24-17(21)11-13-4-7-15(8-5-13)16-9-6-14(10-16)12-23-18(20)22/h4-5,7-8,14,16H,6,9-12H2,1-3H3,(H2,20,22). The molecule has 2 atom stereocenters. The molecule has 0 aliphatic heterocycles. The number of hydrogen-bond acceptors (Lipinski definition) is 4. The Morgan fingerprint density at radius 1 is 1.17 bits per heavy atom. The molecule has 1 fully saturated rings. The molecule has 1 aliphatic carbocycles. The van der Waals surface area contributed by atoms with Crippen LogP contribution >= 0.6 is 0 Å². The molecule has 0 bridgehead atoms. The Morgan fingerprint density at radius 3 is 2.42 bits per heavy atom. The number of amides is 1. The lowest BCUT2D eigenvalue weighted by atomic mass is 9.95. The Morgan fingerprint density at radius 2 is 1.83 bits per heavy atom. The number of carbonyl (C=O) groups is 2. The van der Waals surface area contributed by atoms with Crippen molar-refractivity contribution in [3.8, 4) is 0 Å². The van der Waals surface area contributed by atoms with Crippen molar-refractivity contribution in [1.82, 2.24) is 0 Å². The Bertz CT molecular complexity index is 574. The lowest BCUT2D eigenvalue weighted by Gasteiger charge is -2.19. The van der Waals surface area contributed by atoms with Crippen molar-refractivity contribution in [2.45, 2.75) is 58.0 Å². The summed E-state index contributed by atoms with van der Waals surface area (Å²) in [6, 6.07) is 8.16. The molecule has 1 aliphatic rings. The average Bonchev–Trinajstić information content (AvgIpc) is 2.92. The second-order valence-electron chi connectivity index (χ2n) is 7.51. The van der Waals surface area contributed by atoms with E-state index in [4.69, 9.17) is 15.2 Å². The van der Waals surface area contributed by atoms with E-state index in [9.17, 15) is 9.59 Å². The number of rotatable bonds is 5. The number of primary amides is 1. The molecule has 0 spiro atoms. The maximum absolute atomic E-state index is 11.9. The SMILES string of the molecule is CC(C)(C)OC(=O)Cc1ccc(C2CCC(COC(N)=O)C2)cc1. The number of esters is 1. The van der Waals surface area contributed by atoms with Gasteiger partial charge in [-0.2, -0.15) is 0 Å². The summed E-state index contributed by atoms with van der Waals surface area (Å²) in [5.74, 6) is 0.644. The van der Waals surface area contributed by atoms with Gasteiger partial charge in [0, 0.05) is 0 Å². The number of hydrogen-bond donors (Lipinski definition) is 1. The lowest BCUT2D eigenvalue weighted by molar-refractivity contribution is -0.153. The van der Waals surface area contributed by atoms with Crippen LogP contribution in [0.5, 0.6) is 0 Å². The summed E-state index contributed by atoms with van der Waals surface area (Å²) < 4.78 is 10.2. The van der Waals surface area contributed by atoms with Crippen LogP contribution in [0.25, 0.3) is 0 Å². The molecule has 2 N–H and O–H groups in total. The zero-order chi connectivity index (χ0) is 17.7. The van der Waals surface area contributed by atoms with Crippen LogP contribution in [0.4, 0.5) is 4.79 Å². The van der Waals surface area contributed by atoms with Gasteiger partial charge < -0.3 is 15.2 Å². The van der Waals surface area contributed by atoms with E-state index in [0.29, 0.717) is 18.4 Å². The van der Waals surface area contributed by atoms with E-state index in [-0.39, 0.29) is 12.4 Å². The van der Waals surface area contributed by atoms with E-state index >= 15 is 0 Å². The molecular weight excluding hydrogens is 306 g/mol. The Labute approximate surface area is 143 Å². The van der Waals surface area contributed by atoms with E-state index < -0.39 is 11.7 Å². The second-order valence-corrected chi connectivity index (χ2v) is 7.51. The van der Waals surface area contributed by atoms with Gasteiger partial charge in [0.1, 0.15) is 5.60 Å². The summed E-state index contributed by atoms with van der Waals surface area (Å²) in [4.78, 5) is 22.5. The van der Waals surface area contributed by atoms with Crippen LogP contribution in [-0.4, -0.2) is 24.3 Å². The molecular formula is C19H27NO4. The van der Waals surface area contributed by atoms with Crippen molar-refractivity contribution in [2.24, 2.45) is 11.7 Å². The summed E-state index contributed by atoms with van der Waals surface area (Å²) in [5, 5.41) is 0. The first-order valence-electron chi connectivity index (χ1n) is 8.46. The maximum Gasteiger partial charge on any atom is 0.404 e. The quantitative estimate of drug-likeness (QED) is 0.836. The first-order chi connectivity index (χ1) is 11.2. The van der Waals surface area contributed by atoms with Gasteiger partial charge >= 0.3 is 12.1 Å². The topological polar surface area (TPSA) is 78.6 Å². The van der Waals surface area contributed by atoms with E-state index in [1.807, 2.05) is 32.9 Å². The van der Waals surface area contributed by atoms with Gasteiger partial charge in [-0.3, -0.25) is 4.79 Å². The maximum atomic E-state index is 11.9. The van der Waals surface area contributed by atoms with Gasteiger partial charge in [0.15, 0.2) is 0 Å². The van der Waals surface area contributed by atoms with Gasteiger partial charge in [-0.05, 0) is 63.0 Å². The summed E-state index contributed by atoms with van der Waals surface area (Å²) >= 11 is 0. The molecule has 1 aromatic rings. The minimum absolute atomic E-state index is 0.209. The molecule has 0 aromatic heterocycles. The summed E-state index contributed by atoms with van der Waals surface area (Å²) in [6.45, 7) is 6.01. The van der Waals surface area contributed by atoms with Gasteiger partial charge in [-0.1, -0.05) is 24.3 Å². The van der Waals surface area contributed by atoms with Crippen LogP contribution in [0.1, 0.15) is 57.1 Å². The third-order valence-corrected chi connectivity index (χ3v) is 4.22. The fourth-order valence-electron chi connectivity index (χ4n) is 3.18. The highest BCUT2D eigenvalue weighted by Gasteiger charge is 2.26. The van der Waals surface area contributed by atoms with Crippen LogP contribution in [0, 0.1) is 5.92 Å². The molecule has 5 nitrogen and oxygen atoms in total. The normalized spacial score (nSPS) is 20.6. The molecule has 0 heterocycles. The predicted molar refractivity (Wildman–Crippen MR) is 91.6 cm³/mol. The first-order valence-corrected chi connectivity index (χ1v) is 8.46. The zero-order valence-electron chi connectivity index (χ0n) is 14.7. The van der Waals surface area contributed by atoms with Crippen LogP contribution in [0.3, 0.4) is 0 Å². The van der Waals surface area contributed by atoms with Gasteiger partial charge in [0.25, 0.3) is 0 Å². The number of carbonyl (C=O) groups excluding carboxylic acids is 2. The Kier molecular flexibility index (Phi) is 5.86. The Balaban J connectivity index is 1.86. The lowest BCUT2D eigenvalue weighted by Crippen LogP contribution is -2.24. The fraction of sp³-hybridized carbons (Fsp3) is 0.579. The van der Waals surface area contributed by atoms with Crippen LogP contribution in [0.15, 0.2) is 24.3 Å². The molecule has 2 rings (SSSR count). The molecule has 1 amide bonds. The third kappa shape index (κ3) is 5.87.